The minimum Gasteiger partial charge on any atom is -0.326 e. The molecular formula is C22H30N2. The van der Waals surface area contributed by atoms with E-state index < -0.39 is 0 Å². The molecule has 0 spiro atoms. The molecule has 2 rings (SSSR count). The van der Waals surface area contributed by atoms with Crippen LogP contribution in [0.1, 0.15) is 45.7 Å². The van der Waals surface area contributed by atoms with E-state index in [1.165, 1.54) is 16.8 Å². The first-order valence-corrected chi connectivity index (χ1v) is 8.59. The number of aryl methyl sites for hydroxylation is 2. The van der Waals surface area contributed by atoms with Crippen molar-refractivity contribution >= 4 is 17.7 Å². The molecule has 128 valence electrons. The molecule has 2 aromatic carbocycles. The third-order valence-electron chi connectivity index (χ3n) is 5.24. The van der Waals surface area contributed by atoms with Gasteiger partial charge in [-0.1, -0.05) is 57.2 Å². The van der Waals surface area contributed by atoms with Gasteiger partial charge in [-0.25, -0.2) is 4.99 Å². The first kappa shape index (κ1) is 18.3. The number of hydrogen-bond acceptors (Lipinski definition) is 1. The molecule has 2 heteroatoms. The highest BCUT2D eigenvalue weighted by Crippen LogP contribution is 2.38. The maximum absolute atomic E-state index is 4.80. The Morgan fingerprint density at radius 3 is 1.88 bits per heavy atom. The van der Waals surface area contributed by atoms with Gasteiger partial charge in [-0.15, -0.1) is 0 Å². The molecular weight excluding hydrogens is 292 g/mol. The Kier molecular flexibility index (Phi) is 5.17. The Bertz CT molecular complexity index is 721. The lowest BCUT2D eigenvalue weighted by molar-refractivity contribution is 0.233. The van der Waals surface area contributed by atoms with E-state index in [9.17, 15) is 0 Å². The smallest absolute Gasteiger partial charge is 0.0962 e. The fraction of sp³-hybridized carbons (Fsp3) is 0.409. The van der Waals surface area contributed by atoms with E-state index in [-0.39, 0.29) is 11.0 Å². The van der Waals surface area contributed by atoms with Crippen LogP contribution in [-0.2, 0) is 0 Å². The predicted molar refractivity (Wildman–Crippen MR) is 107 cm³/mol. The summed E-state index contributed by atoms with van der Waals surface area (Å²) in [7, 11) is 0. The van der Waals surface area contributed by atoms with Crippen LogP contribution in [0.15, 0.2) is 53.5 Å². The largest absolute Gasteiger partial charge is 0.326 e. The first-order valence-electron chi connectivity index (χ1n) is 8.59. The summed E-state index contributed by atoms with van der Waals surface area (Å²) in [5.41, 5.74) is 4.66. The third-order valence-corrected chi connectivity index (χ3v) is 5.24. The maximum atomic E-state index is 4.80. The molecule has 0 heterocycles. The number of nitrogens with zero attached hydrogens (tertiary/aromatic N) is 2. The summed E-state index contributed by atoms with van der Waals surface area (Å²) < 4.78 is 0. The number of benzene rings is 2. The van der Waals surface area contributed by atoms with Crippen LogP contribution in [0.25, 0.3) is 0 Å². The topological polar surface area (TPSA) is 15.6 Å². The lowest BCUT2D eigenvalue weighted by Gasteiger charge is -2.47. The van der Waals surface area contributed by atoms with Crippen molar-refractivity contribution in [3.63, 3.8) is 0 Å². The molecule has 0 N–H and O–H groups in total. The SMILES string of the molecule is Cc1ccccc1/N=C/N(c1ccccc1C)C(C)(C)C(C)(C)C. The summed E-state index contributed by atoms with van der Waals surface area (Å²) in [6.45, 7) is 15.6. The van der Waals surface area contributed by atoms with Gasteiger partial charge in [-0.3, -0.25) is 0 Å². The molecule has 2 aromatic rings. The number of rotatable bonds is 4. The molecule has 0 fully saturated rings. The van der Waals surface area contributed by atoms with Crippen LogP contribution in [0.2, 0.25) is 0 Å². The van der Waals surface area contributed by atoms with Crippen LogP contribution >= 0.6 is 0 Å². The highest BCUT2D eigenvalue weighted by molar-refractivity contribution is 5.84. The first-order chi connectivity index (χ1) is 11.1. The highest BCUT2D eigenvalue weighted by atomic mass is 15.2. The van der Waals surface area contributed by atoms with E-state index >= 15 is 0 Å². The molecule has 0 atom stereocenters. The predicted octanol–water partition coefficient (Wildman–Crippen LogP) is 6.29. The second-order valence-corrected chi connectivity index (χ2v) is 8.00. The maximum Gasteiger partial charge on any atom is 0.0962 e. The Balaban J connectivity index is 2.52. The lowest BCUT2D eigenvalue weighted by atomic mass is 9.75. The lowest BCUT2D eigenvalue weighted by Crippen LogP contribution is -2.52. The molecule has 24 heavy (non-hydrogen) atoms. The Labute approximate surface area is 147 Å². The van der Waals surface area contributed by atoms with E-state index in [1.54, 1.807) is 0 Å². The van der Waals surface area contributed by atoms with Gasteiger partial charge in [-0.2, -0.15) is 0 Å². The molecule has 0 aromatic heterocycles. The van der Waals surface area contributed by atoms with Crippen LogP contribution in [0.3, 0.4) is 0 Å². The minimum atomic E-state index is -0.0920. The van der Waals surface area contributed by atoms with E-state index in [0.717, 1.165) is 5.69 Å². The molecule has 2 nitrogen and oxygen atoms in total. The van der Waals surface area contributed by atoms with Gasteiger partial charge in [0.05, 0.1) is 12.0 Å². The van der Waals surface area contributed by atoms with Gasteiger partial charge in [0.15, 0.2) is 0 Å². The van der Waals surface area contributed by atoms with E-state index in [1.807, 2.05) is 18.5 Å². The second-order valence-electron chi connectivity index (χ2n) is 8.00. The van der Waals surface area contributed by atoms with Gasteiger partial charge in [0.2, 0.25) is 0 Å². The highest BCUT2D eigenvalue weighted by Gasteiger charge is 2.38. The van der Waals surface area contributed by atoms with E-state index in [2.05, 4.69) is 89.8 Å². The number of para-hydroxylation sites is 2. The van der Waals surface area contributed by atoms with Crippen molar-refractivity contribution in [2.45, 2.75) is 54.0 Å². The molecule has 0 aliphatic heterocycles. The molecule has 0 saturated heterocycles. The second kappa shape index (κ2) is 6.80. The Hall–Kier alpha value is -2.09. The van der Waals surface area contributed by atoms with Crippen molar-refractivity contribution in [3.05, 3.63) is 59.7 Å². The van der Waals surface area contributed by atoms with Gasteiger partial charge in [0.1, 0.15) is 0 Å². The average Bonchev–Trinajstić information content (AvgIpc) is 2.49. The quantitative estimate of drug-likeness (QED) is 0.477. The Morgan fingerprint density at radius 1 is 0.792 bits per heavy atom. The number of aliphatic imine (C=N–C) groups is 1. The van der Waals surface area contributed by atoms with Gasteiger partial charge in [-0.05, 0) is 56.4 Å². The van der Waals surface area contributed by atoms with Crippen LogP contribution in [0.4, 0.5) is 11.4 Å². The summed E-state index contributed by atoms with van der Waals surface area (Å²) in [5, 5.41) is 0. The molecule has 0 radical (unpaired) electrons. The summed E-state index contributed by atoms with van der Waals surface area (Å²) >= 11 is 0. The van der Waals surface area contributed by atoms with Crippen LogP contribution < -0.4 is 4.90 Å². The third kappa shape index (κ3) is 3.69. The summed E-state index contributed by atoms with van der Waals surface area (Å²) in [6, 6.07) is 16.7. The monoisotopic (exact) mass is 322 g/mol. The van der Waals surface area contributed by atoms with Crippen molar-refractivity contribution in [3.8, 4) is 0 Å². The number of anilines is 1. The van der Waals surface area contributed by atoms with Gasteiger partial charge >= 0.3 is 0 Å². The zero-order chi connectivity index (χ0) is 18.0. The molecule has 0 amide bonds. The minimum absolute atomic E-state index is 0.0903. The van der Waals surface area contributed by atoms with E-state index in [0.29, 0.717) is 0 Å². The molecule has 0 aliphatic rings. The molecule has 0 aliphatic carbocycles. The van der Waals surface area contributed by atoms with Crippen LogP contribution in [-0.4, -0.2) is 11.9 Å². The van der Waals surface area contributed by atoms with Gasteiger partial charge in [0.25, 0.3) is 0 Å². The molecule has 0 unspecified atom stereocenters. The fourth-order valence-corrected chi connectivity index (χ4v) is 2.53. The Morgan fingerprint density at radius 2 is 1.33 bits per heavy atom. The fourth-order valence-electron chi connectivity index (χ4n) is 2.53. The van der Waals surface area contributed by atoms with Gasteiger partial charge < -0.3 is 4.90 Å². The zero-order valence-corrected chi connectivity index (χ0v) is 16.1. The summed E-state index contributed by atoms with van der Waals surface area (Å²) in [5.74, 6) is 0. The van der Waals surface area contributed by atoms with Crippen molar-refractivity contribution < 1.29 is 0 Å². The van der Waals surface area contributed by atoms with Crippen molar-refractivity contribution in [2.24, 2.45) is 10.4 Å². The van der Waals surface area contributed by atoms with E-state index in [4.69, 9.17) is 4.99 Å². The van der Waals surface area contributed by atoms with Crippen molar-refractivity contribution in [1.29, 1.82) is 0 Å². The summed E-state index contributed by atoms with van der Waals surface area (Å²) in [4.78, 5) is 7.12. The van der Waals surface area contributed by atoms with Crippen LogP contribution in [0.5, 0.6) is 0 Å². The molecule has 0 saturated carbocycles. The average molecular weight is 322 g/mol. The van der Waals surface area contributed by atoms with Crippen molar-refractivity contribution in [2.75, 3.05) is 4.90 Å². The summed E-state index contributed by atoms with van der Waals surface area (Å²) in [6.07, 6.45) is 2.00. The molecule has 0 bridgehead atoms. The van der Waals surface area contributed by atoms with Gasteiger partial charge in [0, 0.05) is 11.2 Å². The van der Waals surface area contributed by atoms with Crippen molar-refractivity contribution in [1.82, 2.24) is 0 Å². The zero-order valence-electron chi connectivity index (χ0n) is 16.1. The normalized spacial score (nSPS) is 12.6. The van der Waals surface area contributed by atoms with Crippen LogP contribution in [0, 0.1) is 19.3 Å². The standard InChI is InChI=1S/C22H30N2/c1-17-12-8-10-14-19(17)23-16-24(22(6,7)21(3,4)5)20-15-11-9-13-18(20)2/h8-16H,1-7H3/b23-16+. The number of hydrogen-bond donors (Lipinski definition) is 0.